The second-order valence-corrected chi connectivity index (χ2v) is 8.20. The Hall–Kier alpha value is -3.33. The smallest absolute Gasteiger partial charge is 0.151 e. The second kappa shape index (κ2) is 9.04. The van der Waals surface area contributed by atoms with Crippen molar-refractivity contribution < 1.29 is 13.2 Å². The summed E-state index contributed by atoms with van der Waals surface area (Å²) in [5.74, 6) is -2.24. The number of halogens is 3. The van der Waals surface area contributed by atoms with E-state index in [0.29, 0.717) is 5.92 Å². The highest BCUT2D eigenvalue weighted by Crippen LogP contribution is 2.31. The van der Waals surface area contributed by atoms with Gasteiger partial charge in [0.1, 0.15) is 17.3 Å². The lowest BCUT2D eigenvalue weighted by Gasteiger charge is -2.37. The maximum Gasteiger partial charge on any atom is 0.151 e. The molecule has 168 valence electrons. The zero-order valence-electron chi connectivity index (χ0n) is 17.7. The molecule has 1 aromatic carbocycles. The fourth-order valence-electron chi connectivity index (χ4n) is 4.16. The molecule has 0 saturated carbocycles. The van der Waals surface area contributed by atoms with Gasteiger partial charge in [0, 0.05) is 31.4 Å². The summed E-state index contributed by atoms with van der Waals surface area (Å²) in [6.45, 7) is 3.85. The van der Waals surface area contributed by atoms with E-state index in [2.05, 4.69) is 27.1 Å². The number of anilines is 3. The SMILES string of the molecule is C[C@@H]1C[C@H](N)CN(c2ccncc2NCc2nc(-c3c(F)cccc3F)c(F)cc2N)C1. The predicted octanol–water partition coefficient (Wildman–Crippen LogP) is 3.93. The highest BCUT2D eigenvalue weighted by atomic mass is 19.1. The molecule has 32 heavy (non-hydrogen) atoms. The van der Waals surface area contributed by atoms with Crippen molar-refractivity contribution in [3.8, 4) is 11.3 Å². The summed E-state index contributed by atoms with van der Waals surface area (Å²) in [6, 6.07) is 6.32. The minimum atomic E-state index is -0.898. The summed E-state index contributed by atoms with van der Waals surface area (Å²) in [7, 11) is 0. The Morgan fingerprint density at radius 1 is 1.12 bits per heavy atom. The molecule has 1 fully saturated rings. The number of nitrogens with two attached hydrogens (primary N) is 2. The van der Waals surface area contributed by atoms with E-state index in [1.165, 1.54) is 6.07 Å². The second-order valence-electron chi connectivity index (χ2n) is 8.20. The van der Waals surface area contributed by atoms with E-state index in [1.54, 1.807) is 12.4 Å². The number of aromatic nitrogens is 2. The molecule has 4 rings (SSSR count). The highest BCUT2D eigenvalue weighted by Gasteiger charge is 2.24. The molecular formula is C23H25F3N6. The standard InChI is InChI=1S/C23H25F3N6/c1-13-7-14(27)12-32(11-13)21-5-6-29-9-20(21)30-10-19-18(28)8-17(26)23(31-19)22-15(24)3-2-4-16(22)25/h2-6,8-9,13-14,30H,7,10-12,27-28H2,1H3/t13-,14+/m1/s1. The first-order chi connectivity index (χ1) is 15.3. The van der Waals surface area contributed by atoms with Crippen LogP contribution in [-0.4, -0.2) is 29.1 Å². The number of nitrogen functional groups attached to an aromatic ring is 1. The van der Waals surface area contributed by atoms with Crippen molar-refractivity contribution in [3.05, 3.63) is 65.9 Å². The molecule has 1 saturated heterocycles. The van der Waals surface area contributed by atoms with E-state index in [4.69, 9.17) is 11.5 Å². The molecule has 3 heterocycles. The zero-order valence-corrected chi connectivity index (χ0v) is 17.7. The number of pyridine rings is 2. The molecule has 0 unspecified atom stereocenters. The molecule has 0 bridgehead atoms. The van der Waals surface area contributed by atoms with Crippen molar-refractivity contribution in [2.75, 3.05) is 29.0 Å². The largest absolute Gasteiger partial charge is 0.397 e. The normalized spacial score (nSPS) is 18.6. The van der Waals surface area contributed by atoms with Gasteiger partial charge in [-0.1, -0.05) is 13.0 Å². The Bertz CT molecular complexity index is 1090. The molecule has 0 aliphatic carbocycles. The maximum atomic E-state index is 14.5. The quantitative estimate of drug-likeness (QED) is 0.555. The van der Waals surface area contributed by atoms with Crippen LogP contribution in [0, 0.1) is 23.4 Å². The van der Waals surface area contributed by atoms with Crippen molar-refractivity contribution >= 4 is 17.1 Å². The molecule has 5 N–H and O–H groups in total. The number of hydrogen-bond donors (Lipinski definition) is 3. The number of nitrogens with zero attached hydrogens (tertiary/aromatic N) is 3. The van der Waals surface area contributed by atoms with Crippen molar-refractivity contribution in [3.63, 3.8) is 0 Å². The third-order valence-electron chi connectivity index (χ3n) is 5.57. The Morgan fingerprint density at radius 3 is 2.59 bits per heavy atom. The van der Waals surface area contributed by atoms with E-state index in [9.17, 15) is 13.2 Å². The molecule has 0 radical (unpaired) electrons. The molecule has 2 aromatic heterocycles. The third-order valence-corrected chi connectivity index (χ3v) is 5.57. The Kier molecular flexibility index (Phi) is 6.18. The minimum Gasteiger partial charge on any atom is -0.397 e. The van der Waals surface area contributed by atoms with Crippen LogP contribution in [0.3, 0.4) is 0 Å². The first-order valence-electron chi connectivity index (χ1n) is 10.4. The van der Waals surface area contributed by atoms with Crippen LogP contribution in [0.1, 0.15) is 19.0 Å². The fourth-order valence-corrected chi connectivity index (χ4v) is 4.16. The highest BCUT2D eigenvalue weighted by molar-refractivity contribution is 5.70. The van der Waals surface area contributed by atoms with Gasteiger partial charge < -0.3 is 21.7 Å². The van der Waals surface area contributed by atoms with Crippen LogP contribution < -0.4 is 21.7 Å². The molecular weight excluding hydrogens is 417 g/mol. The van der Waals surface area contributed by atoms with E-state index in [0.717, 1.165) is 49.1 Å². The molecule has 3 aromatic rings. The lowest BCUT2D eigenvalue weighted by atomic mass is 9.96. The Labute approximate surface area is 184 Å². The summed E-state index contributed by atoms with van der Waals surface area (Å²) in [5.41, 5.74) is 13.2. The van der Waals surface area contributed by atoms with Gasteiger partial charge in [-0.2, -0.15) is 0 Å². The number of rotatable bonds is 5. The van der Waals surface area contributed by atoms with Crippen LogP contribution in [0.5, 0.6) is 0 Å². The summed E-state index contributed by atoms with van der Waals surface area (Å²) in [4.78, 5) is 10.5. The lowest BCUT2D eigenvalue weighted by molar-refractivity contribution is 0.402. The Morgan fingerprint density at radius 2 is 1.88 bits per heavy atom. The molecule has 2 atom stereocenters. The van der Waals surface area contributed by atoms with Crippen molar-refractivity contribution in [1.82, 2.24) is 9.97 Å². The van der Waals surface area contributed by atoms with Gasteiger partial charge in [0.25, 0.3) is 0 Å². The van der Waals surface area contributed by atoms with Gasteiger partial charge in [-0.15, -0.1) is 0 Å². The van der Waals surface area contributed by atoms with E-state index >= 15 is 0 Å². The molecule has 1 aliphatic rings. The molecule has 1 aliphatic heterocycles. The first-order valence-corrected chi connectivity index (χ1v) is 10.4. The van der Waals surface area contributed by atoms with Crippen LogP contribution in [-0.2, 0) is 6.54 Å². The third kappa shape index (κ3) is 4.47. The number of hydrogen-bond acceptors (Lipinski definition) is 6. The van der Waals surface area contributed by atoms with Crippen LogP contribution in [0.25, 0.3) is 11.3 Å². The van der Waals surface area contributed by atoms with Crippen LogP contribution in [0.4, 0.5) is 30.2 Å². The fraction of sp³-hybridized carbons (Fsp3) is 0.304. The molecule has 6 nitrogen and oxygen atoms in total. The van der Waals surface area contributed by atoms with Gasteiger partial charge in [-0.3, -0.25) is 4.98 Å². The molecule has 0 amide bonds. The van der Waals surface area contributed by atoms with Crippen molar-refractivity contribution in [2.45, 2.75) is 25.9 Å². The number of nitrogens with one attached hydrogen (secondary N) is 1. The topological polar surface area (TPSA) is 93.1 Å². The number of benzene rings is 1. The van der Waals surface area contributed by atoms with Crippen molar-refractivity contribution in [1.29, 1.82) is 0 Å². The van der Waals surface area contributed by atoms with Gasteiger partial charge in [-0.25, -0.2) is 18.2 Å². The maximum absolute atomic E-state index is 14.5. The van der Waals surface area contributed by atoms with E-state index in [1.807, 2.05) is 6.07 Å². The first kappa shape index (κ1) is 21.9. The molecule has 9 heteroatoms. The van der Waals surface area contributed by atoms with E-state index < -0.39 is 28.7 Å². The minimum absolute atomic E-state index is 0.0763. The van der Waals surface area contributed by atoms with Gasteiger partial charge in [0.2, 0.25) is 0 Å². The van der Waals surface area contributed by atoms with Crippen LogP contribution in [0.15, 0.2) is 42.7 Å². The number of piperidine rings is 1. The molecule has 0 spiro atoms. The van der Waals surface area contributed by atoms with Gasteiger partial charge in [0.05, 0.1) is 41.1 Å². The average Bonchev–Trinajstić information content (AvgIpc) is 2.74. The summed E-state index contributed by atoms with van der Waals surface area (Å²) in [5, 5.41) is 3.23. The van der Waals surface area contributed by atoms with Crippen LogP contribution >= 0.6 is 0 Å². The van der Waals surface area contributed by atoms with Crippen LogP contribution in [0.2, 0.25) is 0 Å². The monoisotopic (exact) mass is 442 g/mol. The predicted molar refractivity (Wildman–Crippen MR) is 119 cm³/mol. The average molecular weight is 442 g/mol. The van der Waals surface area contributed by atoms with Gasteiger partial charge in [0.15, 0.2) is 5.82 Å². The van der Waals surface area contributed by atoms with Gasteiger partial charge in [-0.05, 0) is 30.5 Å². The van der Waals surface area contributed by atoms with E-state index in [-0.39, 0.29) is 24.0 Å². The lowest BCUT2D eigenvalue weighted by Crippen LogP contribution is -2.46. The Balaban J connectivity index is 1.62. The van der Waals surface area contributed by atoms with Gasteiger partial charge >= 0.3 is 0 Å². The summed E-state index contributed by atoms with van der Waals surface area (Å²) in [6.07, 6.45) is 4.35. The summed E-state index contributed by atoms with van der Waals surface area (Å²) >= 11 is 0. The zero-order chi connectivity index (χ0) is 22.8. The summed E-state index contributed by atoms with van der Waals surface area (Å²) < 4.78 is 42.9. The van der Waals surface area contributed by atoms with Crippen molar-refractivity contribution in [2.24, 2.45) is 11.7 Å².